The van der Waals surface area contributed by atoms with Gasteiger partial charge in [-0.15, -0.1) is 0 Å². The summed E-state index contributed by atoms with van der Waals surface area (Å²) in [7, 11) is 1.74. The zero-order valence-electron chi connectivity index (χ0n) is 9.96. The molecule has 0 saturated heterocycles. The van der Waals surface area contributed by atoms with Crippen LogP contribution in [0.4, 0.5) is 4.39 Å². The van der Waals surface area contributed by atoms with Crippen LogP contribution in [-0.4, -0.2) is 30.9 Å². The van der Waals surface area contributed by atoms with Gasteiger partial charge in [-0.2, -0.15) is 0 Å². The Labute approximate surface area is 106 Å². The van der Waals surface area contributed by atoms with Gasteiger partial charge in [-0.3, -0.25) is 4.79 Å². The Bertz CT molecular complexity index is 398. The molecular weight excluding hydrogens is 243 g/mol. The van der Waals surface area contributed by atoms with Crippen molar-refractivity contribution in [2.45, 2.75) is 13.5 Å². The maximum atomic E-state index is 13.0. The first-order chi connectivity index (χ1) is 8.04. The fraction of sp³-hybridized carbons (Fsp3) is 0.417. The van der Waals surface area contributed by atoms with Crippen LogP contribution in [0.15, 0.2) is 18.2 Å². The Morgan fingerprint density at radius 1 is 1.53 bits per heavy atom. The van der Waals surface area contributed by atoms with E-state index in [1.54, 1.807) is 11.9 Å². The van der Waals surface area contributed by atoms with Crippen molar-refractivity contribution in [3.63, 3.8) is 0 Å². The van der Waals surface area contributed by atoms with E-state index in [2.05, 4.69) is 5.32 Å². The van der Waals surface area contributed by atoms with Crippen molar-refractivity contribution in [2.75, 3.05) is 20.1 Å². The minimum atomic E-state index is -0.330. The van der Waals surface area contributed by atoms with E-state index in [0.29, 0.717) is 23.7 Å². The van der Waals surface area contributed by atoms with Crippen LogP contribution < -0.4 is 5.32 Å². The number of nitrogens with zero attached hydrogens (tertiary/aromatic N) is 1. The maximum absolute atomic E-state index is 13.0. The third-order valence-corrected chi connectivity index (χ3v) is 2.87. The fourth-order valence-corrected chi connectivity index (χ4v) is 1.48. The van der Waals surface area contributed by atoms with E-state index in [0.717, 1.165) is 0 Å². The summed E-state index contributed by atoms with van der Waals surface area (Å²) in [6, 6.07) is 4.18. The molecule has 0 bridgehead atoms. The molecule has 0 heterocycles. The van der Waals surface area contributed by atoms with Gasteiger partial charge >= 0.3 is 0 Å². The fourth-order valence-electron chi connectivity index (χ4n) is 1.29. The highest BCUT2D eigenvalue weighted by Crippen LogP contribution is 2.16. The van der Waals surface area contributed by atoms with Crippen LogP contribution >= 0.6 is 11.6 Å². The molecule has 0 aliphatic heterocycles. The molecule has 94 valence electrons. The third kappa shape index (κ3) is 4.32. The zero-order chi connectivity index (χ0) is 12.8. The molecule has 1 rings (SSSR count). The summed E-state index contributed by atoms with van der Waals surface area (Å²) in [6.45, 7) is 3.17. The average molecular weight is 259 g/mol. The molecular formula is C12H16ClFN2O. The molecule has 1 N–H and O–H groups in total. The minimum absolute atomic E-state index is 0.0000236. The predicted octanol–water partition coefficient (Wildman–Crippen LogP) is 2.05. The zero-order valence-corrected chi connectivity index (χ0v) is 10.7. The molecule has 0 aliphatic rings. The maximum Gasteiger partial charge on any atom is 0.236 e. The number of halogens is 2. The van der Waals surface area contributed by atoms with Gasteiger partial charge in [-0.1, -0.05) is 11.6 Å². The number of carbonyl (C=O) groups excluding carboxylic acids is 1. The molecule has 17 heavy (non-hydrogen) atoms. The minimum Gasteiger partial charge on any atom is -0.345 e. The number of benzene rings is 1. The van der Waals surface area contributed by atoms with Crippen LogP contribution in [0.5, 0.6) is 0 Å². The average Bonchev–Trinajstić information content (AvgIpc) is 2.32. The second kappa shape index (κ2) is 6.57. The lowest BCUT2D eigenvalue weighted by atomic mass is 10.2. The molecule has 0 radical (unpaired) electrons. The molecule has 3 nitrogen and oxygen atoms in total. The summed E-state index contributed by atoms with van der Waals surface area (Å²) in [4.78, 5) is 13.1. The van der Waals surface area contributed by atoms with Gasteiger partial charge in [-0.25, -0.2) is 4.39 Å². The Balaban J connectivity index is 2.46. The van der Waals surface area contributed by atoms with Crippen LogP contribution in [0.2, 0.25) is 5.02 Å². The van der Waals surface area contributed by atoms with Crippen LogP contribution in [-0.2, 0) is 11.3 Å². The van der Waals surface area contributed by atoms with Crippen molar-refractivity contribution in [3.05, 3.63) is 34.6 Å². The molecule has 1 aromatic carbocycles. The highest BCUT2D eigenvalue weighted by atomic mass is 35.5. The number of likely N-dealkylation sites (N-methyl/N-ethyl adjacent to an activating group) is 1. The van der Waals surface area contributed by atoms with E-state index in [1.807, 2.05) is 6.92 Å². The second-order valence-corrected chi connectivity index (χ2v) is 4.15. The van der Waals surface area contributed by atoms with Gasteiger partial charge in [0.25, 0.3) is 0 Å². The Morgan fingerprint density at radius 2 is 2.24 bits per heavy atom. The molecule has 0 saturated carbocycles. The predicted molar refractivity (Wildman–Crippen MR) is 66.4 cm³/mol. The molecule has 0 aliphatic carbocycles. The van der Waals surface area contributed by atoms with Gasteiger partial charge in [-0.05, 0) is 30.7 Å². The molecule has 0 spiro atoms. The highest BCUT2D eigenvalue weighted by molar-refractivity contribution is 6.31. The lowest BCUT2D eigenvalue weighted by Gasteiger charge is -2.15. The van der Waals surface area contributed by atoms with E-state index in [1.165, 1.54) is 18.2 Å². The van der Waals surface area contributed by atoms with Gasteiger partial charge in [0.15, 0.2) is 0 Å². The standard InChI is InChI=1S/C12H16ClFN2O/c1-3-16(2)12(17)8-15-7-9-6-10(14)4-5-11(9)13/h4-6,15H,3,7-8H2,1-2H3. The quantitative estimate of drug-likeness (QED) is 0.877. The van der Waals surface area contributed by atoms with E-state index >= 15 is 0 Å². The topological polar surface area (TPSA) is 32.3 Å². The third-order valence-electron chi connectivity index (χ3n) is 2.50. The summed E-state index contributed by atoms with van der Waals surface area (Å²) in [6.07, 6.45) is 0. The first-order valence-corrected chi connectivity index (χ1v) is 5.81. The molecule has 0 aromatic heterocycles. The SMILES string of the molecule is CCN(C)C(=O)CNCc1cc(F)ccc1Cl. The van der Waals surface area contributed by atoms with Crippen molar-refractivity contribution < 1.29 is 9.18 Å². The second-order valence-electron chi connectivity index (χ2n) is 3.75. The van der Waals surface area contributed by atoms with Gasteiger partial charge in [0.2, 0.25) is 5.91 Å². The molecule has 5 heteroatoms. The number of hydrogen-bond donors (Lipinski definition) is 1. The summed E-state index contributed by atoms with van der Waals surface area (Å²) < 4.78 is 13.0. The van der Waals surface area contributed by atoms with Crippen LogP contribution in [0.25, 0.3) is 0 Å². The number of hydrogen-bond acceptors (Lipinski definition) is 2. The first-order valence-electron chi connectivity index (χ1n) is 5.43. The van der Waals surface area contributed by atoms with Gasteiger partial charge < -0.3 is 10.2 Å². The lowest BCUT2D eigenvalue weighted by Crippen LogP contribution is -2.35. The Hall–Kier alpha value is -1.13. The van der Waals surface area contributed by atoms with Gasteiger partial charge in [0.05, 0.1) is 6.54 Å². The van der Waals surface area contributed by atoms with Gasteiger partial charge in [0, 0.05) is 25.2 Å². The van der Waals surface area contributed by atoms with Crippen molar-refractivity contribution in [3.8, 4) is 0 Å². The van der Waals surface area contributed by atoms with Crippen molar-refractivity contribution in [1.82, 2.24) is 10.2 Å². The summed E-state index contributed by atoms with van der Waals surface area (Å²) in [5.41, 5.74) is 0.651. The van der Waals surface area contributed by atoms with Crippen LogP contribution in [0.1, 0.15) is 12.5 Å². The van der Waals surface area contributed by atoms with E-state index in [-0.39, 0.29) is 18.3 Å². The summed E-state index contributed by atoms with van der Waals surface area (Å²) >= 11 is 5.90. The number of rotatable bonds is 5. The Kier molecular flexibility index (Phi) is 5.38. The Morgan fingerprint density at radius 3 is 2.88 bits per heavy atom. The molecule has 1 amide bonds. The molecule has 1 aromatic rings. The van der Waals surface area contributed by atoms with E-state index in [4.69, 9.17) is 11.6 Å². The highest BCUT2D eigenvalue weighted by Gasteiger charge is 2.07. The van der Waals surface area contributed by atoms with Crippen molar-refractivity contribution in [1.29, 1.82) is 0 Å². The van der Waals surface area contributed by atoms with E-state index in [9.17, 15) is 9.18 Å². The molecule has 0 unspecified atom stereocenters. The first kappa shape index (κ1) is 13.9. The van der Waals surface area contributed by atoms with Crippen LogP contribution in [0, 0.1) is 5.82 Å². The summed E-state index contributed by atoms with van der Waals surface area (Å²) in [5.74, 6) is -0.330. The molecule has 0 atom stereocenters. The van der Waals surface area contributed by atoms with Crippen molar-refractivity contribution >= 4 is 17.5 Å². The van der Waals surface area contributed by atoms with Gasteiger partial charge in [0.1, 0.15) is 5.82 Å². The van der Waals surface area contributed by atoms with Crippen molar-refractivity contribution in [2.24, 2.45) is 0 Å². The lowest BCUT2D eigenvalue weighted by molar-refractivity contribution is -0.128. The summed E-state index contributed by atoms with van der Waals surface area (Å²) in [5, 5.41) is 3.44. The number of carbonyl (C=O) groups is 1. The largest absolute Gasteiger partial charge is 0.345 e. The van der Waals surface area contributed by atoms with E-state index < -0.39 is 0 Å². The normalized spacial score (nSPS) is 10.4. The number of nitrogens with one attached hydrogen (secondary N) is 1. The monoisotopic (exact) mass is 258 g/mol. The molecule has 0 fully saturated rings. The number of amides is 1. The van der Waals surface area contributed by atoms with Crippen LogP contribution in [0.3, 0.4) is 0 Å². The smallest absolute Gasteiger partial charge is 0.236 e.